The highest BCUT2D eigenvalue weighted by molar-refractivity contribution is 6.25. The van der Waals surface area contributed by atoms with Crippen LogP contribution in [0.2, 0.25) is 0 Å². The summed E-state index contributed by atoms with van der Waals surface area (Å²) in [5.74, 6) is 0.276. The van der Waals surface area contributed by atoms with E-state index in [4.69, 9.17) is 0 Å². The molecule has 0 N–H and O–H groups in total. The van der Waals surface area contributed by atoms with Crippen molar-refractivity contribution in [3.63, 3.8) is 0 Å². The molecule has 9 aromatic rings. The van der Waals surface area contributed by atoms with Crippen molar-refractivity contribution >= 4 is 49.1 Å². The fraction of sp³-hybridized carbons (Fsp3) is 0. The Labute approximate surface area is 256 Å². The Kier molecular flexibility index (Phi) is 5.40. The second kappa shape index (κ2) is 9.62. The SMILES string of the molecule is O=c1nc2n(-c3ccccc3)c3ccccc3n2c(=O)n1-c1cccc(-c2ccc3c4ccccc4c4ccccc4c3c2)c1. The van der Waals surface area contributed by atoms with E-state index in [0.717, 1.165) is 32.3 Å². The molecular formula is C39H24N4O2. The highest BCUT2D eigenvalue weighted by Crippen LogP contribution is 2.37. The first-order chi connectivity index (χ1) is 22.2. The van der Waals surface area contributed by atoms with Crippen molar-refractivity contribution in [1.82, 2.24) is 18.5 Å². The number of rotatable bonds is 3. The van der Waals surface area contributed by atoms with Gasteiger partial charge in [-0.3, -0.25) is 4.57 Å². The number of nitrogens with zero attached hydrogens (tertiary/aromatic N) is 4. The number of aromatic nitrogens is 4. The second-order valence-electron chi connectivity index (χ2n) is 11.2. The van der Waals surface area contributed by atoms with Crippen molar-refractivity contribution in [2.45, 2.75) is 0 Å². The van der Waals surface area contributed by atoms with Crippen LogP contribution in [0, 0.1) is 0 Å². The van der Waals surface area contributed by atoms with Crippen LogP contribution < -0.4 is 11.4 Å². The molecular weight excluding hydrogens is 556 g/mol. The lowest BCUT2D eigenvalue weighted by molar-refractivity contribution is 0.797. The summed E-state index contributed by atoms with van der Waals surface area (Å²) in [6.45, 7) is 0. The highest BCUT2D eigenvalue weighted by atomic mass is 16.2. The average Bonchev–Trinajstić information content (AvgIpc) is 3.43. The summed E-state index contributed by atoms with van der Waals surface area (Å²) in [7, 11) is 0. The van der Waals surface area contributed by atoms with Crippen LogP contribution in [0.4, 0.5) is 0 Å². The van der Waals surface area contributed by atoms with E-state index < -0.39 is 11.4 Å². The number of imidazole rings is 1. The van der Waals surface area contributed by atoms with Crippen molar-refractivity contribution in [2.24, 2.45) is 0 Å². The van der Waals surface area contributed by atoms with Gasteiger partial charge < -0.3 is 0 Å². The van der Waals surface area contributed by atoms with Gasteiger partial charge in [0.25, 0.3) is 0 Å². The molecule has 9 rings (SSSR count). The van der Waals surface area contributed by atoms with Crippen LogP contribution in [-0.2, 0) is 0 Å². The molecule has 2 heterocycles. The third-order valence-corrected chi connectivity index (χ3v) is 8.73. The maximum Gasteiger partial charge on any atom is 0.359 e. The van der Waals surface area contributed by atoms with Gasteiger partial charge in [-0.15, -0.1) is 0 Å². The fourth-order valence-corrected chi connectivity index (χ4v) is 6.73. The molecule has 45 heavy (non-hydrogen) atoms. The van der Waals surface area contributed by atoms with Gasteiger partial charge >= 0.3 is 11.4 Å². The fourth-order valence-electron chi connectivity index (χ4n) is 6.73. The molecule has 0 atom stereocenters. The van der Waals surface area contributed by atoms with Crippen LogP contribution >= 0.6 is 0 Å². The summed E-state index contributed by atoms with van der Waals surface area (Å²) in [6, 6.07) is 48.2. The molecule has 0 saturated carbocycles. The van der Waals surface area contributed by atoms with Crippen LogP contribution in [-0.4, -0.2) is 18.5 Å². The molecule has 6 nitrogen and oxygen atoms in total. The molecule has 0 spiro atoms. The lowest BCUT2D eigenvalue weighted by atomic mass is 9.92. The van der Waals surface area contributed by atoms with Gasteiger partial charge in [0.2, 0.25) is 5.78 Å². The Morgan fingerprint density at radius 2 is 0.978 bits per heavy atom. The maximum absolute atomic E-state index is 14.2. The van der Waals surface area contributed by atoms with Crippen molar-refractivity contribution in [3.05, 3.63) is 167 Å². The van der Waals surface area contributed by atoms with Crippen LogP contribution in [0.5, 0.6) is 0 Å². The second-order valence-corrected chi connectivity index (χ2v) is 11.2. The summed E-state index contributed by atoms with van der Waals surface area (Å²) in [4.78, 5) is 32.3. The number of benzene rings is 7. The van der Waals surface area contributed by atoms with Gasteiger partial charge in [0, 0.05) is 5.69 Å². The number of para-hydroxylation sites is 3. The van der Waals surface area contributed by atoms with E-state index in [9.17, 15) is 9.59 Å². The zero-order valence-electron chi connectivity index (χ0n) is 24.0. The molecule has 0 aliphatic rings. The largest absolute Gasteiger partial charge is 0.359 e. The maximum atomic E-state index is 14.2. The Hall–Kier alpha value is -6.27. The van der Waals surface area contributed by atoms with E-state index in [1.165, 1.54) is 31.3 Å². The summed E-state index contributed by atoms with van der Waals surface area (Å²) in [5, 5.41) is 7.17. The van der Waals surface area contributed by atoms with Crippen molar-refractivity contribution in [2.75, 3.05) is 0 Å². The van der Waals surface area contributed by atoms with Crippen molar-refractivity contribution in [1.29, 1.82) is 0 Å². The molecule has 0 saturated heterocycles. The number of fused-ring (bicyclic) bond motifs is 9. The van der Waals surface area contributed by atoms with Crippen LogP contribution in [0.1, 0.15) is 0 Å². The third-order valence-electron chi connectivity index (χ3n) is 8.73. The van der Waals surface area contributed by atoms with Crippen LogP contribution in [0.3, 0.4) is 0 Å². The standard InChI is InChI=1S/C39H24N4O2/c44-38-40-37-41(27-12-2-1-3-13-27)35-19-8-9-20-36(35)43(37)39(45)42(38)28-14-10-11-25(23-28)26-21-22-33-31-17-5-4-15-29(31)30-16-6-7-18-32(30)34(33)24-26/h1-24H. The van der Waals surface area contributed by atoms with Gasteiger partial charge in [0.1, 0.15) is 0 Å². The highest BCUT2D eigenvalue weighted by Gasteiger charge is 2.19. The van der Waals surface area contributed by atoms with Gasteiger partial charge in [0.05, 0.1) is 16.7 Å². The quantitative estimate of drug-likeness (QED) is 0.200. The zero-order chi connectivity index (χ0) is 30.1. The van der Waals surface area contributed by atoms with Gasteiger partial charge in [-0.05, 0) is 85.9 Å². The van der Waals surface area contributed by atoms with Crippen molar-refractivity contribution in [3.8, 4) is 22.5 Å². The molecule has 212 valence electrons. The Morgan fingerprint density at radius 1 is 0.422 bits per heavy atom. The molecule has 2 aromatic heterocycles. The topological polar surface area (TPSA) is 61.3 Å². The monoisotopic (exact) mass is 580 g/mol. The Balaban J connectivity index is 1.26. The van der Waals surface area contributed by atoms with Crippen LogP contribution in [0.25, 0.3) is 71.6 Å². The summed E-state index contributed by atoms with van der Waals surface area (Å²) >= 11 is 0. The minimum Gasteiger partial charge on any atom is -0.278 e. The molecule has 0 amide bonds. The Bertz CT molecular complexity index is 2720. The first-order valence-electron chi connectivity index (χ1n) is 14.8. The van der Waals surface area contributed by atoms with E-state index in [0.29, 0.717) is 11.2 Å². The summed E-state index contributed by atoms with van der Waals surface area (Å²) in [6.07, 6.45) is 0. The number of hydrogen-bond donors (Lipinski definition) is 0. The number of hydrogen-bond acceptors (Lipinski definition) is 3. The molecule has 0 aliphatic heterocycles. The molecule has 0 aliphatic carbocycles. The van der Waals surface area contributed by atoms with Crippen molar-refractivity contribution < 1.29 is 0 Å². The minimum atomic E-state index is -0.631. The lowest BCUT2D eigenvalue weighted by Gasteiger charge is -2.13. The molecule has 0 fully saturated rings. The summed E-state index contributed by atoms with van der Waals surface area (Å²) < 4.78 is 4.52. The normalized spacial score (nSPS) is 11.7. The van der Waals surface area contributed by atoms with Gasteiger partial charge in [-0.25, -0.2) is 18.6 Å². The van der Waals surface area contributed by atoms with E-state index in [1.54, 1.807) is 6.07 Å². The third kappa shape index (κ3) is 3.72. The van der Waals surface area contributed by atoms with E-state index >= 15 is 0 Å². The molecule has 0 bridgehead atoms. The average molecular weight is 581 g/mol. The molecule has 0 radical (unpaired) electrons. The van der Waals surface area contributed by atoms with Crippen LogP contribution in [0.15, 0.2) is 155 Å². The summed E-state index contributed by atoms with van der Waals surface area (Å²) in [5.41, 5.74) is 3.53. The Morgan fingerprint density at radius 3 is 1.69 bits per heavy atom. The van der Waals surface area contributed by atoms with Gasteiger partial charge in [-0.1, -0.05) is 103 Å². The van der Waals surface area contributed by atoms with Gasteiger partial charge in [-0.2, -0.15) is 4.98 Å². The first-order valence-corrected chi connectivity index (χ1v) is 14.8. The lowest BCUT2D eigenvalue weighted by Crippen LogP contribution is -2.38. The smallest absolute Gasteiger partial charge is 0.278 e. The zero-order valence-corrected chi connectivity index (χ0v) is 24.0. The van der Waals surface area contributed by atoms with E-state index in [1.807, 2.05) is 77.4 Å². The first kappa shape index (κ1) is 25.2. The molecule has 7 aromatic carbocycles. The van der Waals surface area contributed by atoms with Gasteiger partial charge in [0.15, 0.2) is 0 Å². The van der Waals surface area contributed by atoms with E-state index in [2.05, 4.69) is 71.7 Å². The predicted octanol–water partition coefficient (Wildman–Crippen LogP) is 7.92. The molecule has 0 unspecified atom stereocenters. The predicted molar refractivity (Wildman–Crippen MR) is 182 cm³/mol. The van der Waals surface area contributed by atoms with E-state index in [-0.39, 0.29) is 5.78 Å². The molecule has 6 heteroatoms. The minimum absolute atomic E-state index is 0.276.